The number of hydrogen-bond acceptors (Lipinski definition) is 6. The highest BCUT2D eigenvalue weighted by molar-refractivity contribution is 7.87. The van der Waals surface area contributed by atoms with Crippen LogP contribution in [0.2, 0.25) is 0 Å². The number of benzene rings is 1. The fraction of sp³-hybridized carbons (Fsp3) is 0.615. The maximum absolute atomic E-state index is 13.6. The predicted molar refractivity (Wildman–Crippen MR) is 137 cm³/mol. The van der Waals surface area contributed by atoms with Crippen molar-refractivity contribution in [3.05, 3.63) is 54.0 Å². The Kier molecular flexibility index (Phi) is 8.51. The maximum Gasteiger partial charge on any atom is 0.279 e. The monoisotopic (exact) mass is 553 g/mol. The number of ether oxygens (including phenoxy) is 1. The molecule has 2 saturated heterocycles. The van der Waals surface area contributed by atoms with Crippen molar-refractivity contribution in [2.75, 3.05) is 37.7 Å². The summed E-state index contributed by atoms with van der Waals surface area (Å²) in [6.45, 7) is 1.13. The Morgan fingerprint density at radius 3 is 2.53 bits per heavy atom. The first-order valence-corrected chi connectivity index (χ1v) is 14.7. The molecule has 1 aliphatic carbocycles. The summed E-state index contributed by atoms with van der Waals surface area (Å²) in [4.78, 5) is 2.03. The van der Waals surface area contributed by atoms with E-state index in [1.165, 1.54) is 6.07 Å². The highest BCUT2D eigenvalue weighted by Gasteiger charge is 2.43. The zero-order valence-electron chi connectivity index (χ0n) is 21.1. The van der Waals surface area contributed by atoms with Crippen molar-refractivity contribution >= 4 is 16.0 Å². The summed E-state index contributed by atoms with van der Waals surface area (Å²) < 4.78 is 75.4. The lowest BCUT2D eigenvalue weighted by Crippen LogP contribution is -2.61. The van der Waals surface area contributed by atoms with E-state index in [1.54, 1.807) is 24.4 Å². The van der Waals surface area contributed by atoms with E-state index in [0.29, 0.717) is 43.8 Å². The number of rotatable bonds is 9. The Morgan fingerprint density at radius 2 is 1.84 bits per heavy atom. The van der Waals surface area contributed by atoms with Crippen LogP contribution in [0.15, 0.2) is 42.6 Å². The van der Waals surface area contributed by atoms with Crippen LogP contribution in [-0.4, -0.2) is 74.3 Å². The molecule has 0 amide bonds. The Bertz CT molecular complexity index is 1160. The lowest BCUT2D eigenvalue weighted by Gasteiger charge is -2.42. The van der Waals surface area contributed by atoms with Gasteiger partial charge in [-0.15, -0.1) is 5.10 Å². The van der Waals surface area contributed by atoms with Crippen LogP contribution in [0.4, 0.5) is 19.0 Å². The quantitative estimate of drug-likeness (QED) is 0.511. The highest BCUT2D eigenvalue weighted by atomic mass is 32.2. The van der Waals surface area contributed by atoms with Crippen molar-refractivity contribution < 1.29 is 26.3 Å². The van der Waals surface area contributed by atoms with Crippen LogP contribution < -0.4 is 9.62 Å². The number of nitrogens with zero attached hydrogens (tertiary/aromatic N) is 4. The lowest BCUT2D eigenvalue weighted by molar-refractivity contribution is -0.00416. The van der Waals surface area contributed by atoms with Gasteiger partial charge in [-0.3, -0.25) is 0 Å². The molecule has 0 bridgehead atoms. The molecule has 3 heterocycles. The number of hydrogen-bond donors (Lipinski definition) is 1. The Balaban J connectivity index is 1.20. The van der Waals surface area contributed by atoms with Gasteiger partial charge >= 0.3 is 0 Å². The molecule has 8 nitrogen and oxygen atoms in total. The van der Waals surface area contributed by atoms with Gasteiger partial charge in [0.1, 0.15) is 5.82 Å². The second kappa shape index (κ2) is 11.8. The van der Waals surface area contributed by atoms with Gasteiger partial charge in [-0.05, 0) is 73.8 Å². The number of piperidine rings is 1. The molecule has 2 atom stereocenters. The van der Waals surface area contributed by atoms with Gasteiger partial charge in [0.25, 0.3) is 10.2 Å². The van der Waals surface area contributed by atoms with Crippen molar-refractivity contribution in [2.24, 2.45) is 11.8 Å². The van der Waals surface area contributed by atoms with Crippen LogP contribution in [0.3, 0.4) is 0 Å². The molecule has 208 valence electrons. The average molecular weight is 554 g/mol. The Hall–Kier alpha value is -2.28. The van der Waals surface area contributed by atoms with E-state index in [1.807, 2.05) is 17.0 Å². The van der Waals surface area contributed by atoms with E-state index in [0.717, 1.165) is 35.6 Å². The van der Waals surface area contributed by atoms with Crippen molar-refractivity contribution in [3.63, 3.8) is 0 Å². The summed E-state index contributed by atoms with van der Waals surface area (Å²) in [6.07, 6.45) is 2.91. The van der Waals surface area contributed by atoms with E-state index in [9.17, 15) is 21.6 Å². The minimum absolute atomic E-state index is 0.175. The molecule has 1 aromatic heterocycles. The fourth-order valence-electron chi connectivity index (χ4n) is 5.66. The normalized spacial score (nSPS) is 27.4. The standard InChI is InChI=1S/C26H34F3N5O3S/c27-22-4-1-3-20(13-22)19-8-6-18(7-9-19)17-37-24-16-33(25-5-2-11-30-31-25)12-10-23(24)32-38(35,36)34-14-21(15-34)26(28)29/h1-5,11,13,18-19,21,23-24,26,32H,6-10,12,14-17H2/t18?,19?,23-,24+/m0/s1. The van der Waals surface area contributed by atoms with Crippen LogP contribution in [0.5, 0.6) is 0 Å². The van der Waals surface area contributed by atoms with E-state index in [-0.39, 0.29) is 18.9 Å². The maximum atomic E-state index is 13.6. The molecular weight excluding hydrogens is 519 g/mol. The first kappa shape index (κ1) is 27.3. The minimum atomic E-state index is -3.90. The van der Waals surface area contributed by atoms with Gasteiger partial charge < -0.3 is 9.64 Å². The van der Waals surface area contributed by atoms with E-state index in [2.05, 4.69) is 14.9 Å². The summed E-state index contributed by atoms with van der Waals surface area (Å²) in [5.74, 6) is 0.220. The summed E-state index contributed by atoms with van der Waals surface area (Å²) in [7, 11) is -3.90. The second-order valence-electron chi connectivity index (χ2n) is 10.6. The molecule has 5 rings (SSSR count). The molecule has 1 N–H and O–H groups in total. The number of nitrogens with one attached hydrogen (secondary N) is 1. The summed E-state index contributed by atoms with van der Waals surface area (Å²) in [5, 5.41) is 8.13. The molecule has 1 aromatic carbocycles. The molecule has 0 unspecified atom stereocenters. The smallest absolute Gasteiger partial charge is 0.279 e. The topological polar surface area (TPSA) is 87.7 Å². The Morgan fingerprint density at radius 1 is 1.05 bits per heavy atom. The van der Waals surface area contributed by atoms with Gasteiger partial charge in [-0.2, -0.15) is 22.5 Å². The molecule has 2 aliphatic heterocycles. The zero-order valence-corrected chi connectivity index (χ0v) is 21.9. The van der Waals surface area contributed by atoms with Crippen molar-refractivity contribution in [3.8, 4) is 0 Å². The third kappa shape index (κ3) is 6.47. The lowest BCUT2D eigenvalue weighted by atomic mass is 9.79. The first-order valence-electron chi connectivity index (χ1n) is 13.2. The molecule has 12 heteroatoms. The van der Waals surface area contributed by atoms with Gasteiger partial charge in [-0.1, -0.05) is 12.1 Å². The van der Waals surface area contributed by atoms with Gasteiger partial charge in [0.05, 0.1) is 12.1 Å². The van der Waals surface area contributed by atoms with Gasteiger partial charge in [0, 0.05) is 44.9 Å². The molecule has 0 radical (unpaired) electrons. The van der Waals surface area contributed by atoms with Crippen LogP contribution >= 0.6 is 0 Å². The van der Waals surface area contributed by atoms with E-state index in [4.69, 9.17) is 4.74 Å². The van der Waals surface area contributed by atoms with Crippen LogP contribution in [0, 0.1) is 17.7 Å². The number of anilines is 1. The minimum Gasteiger partial charge on any atom is -0.374 e. The summed E-state index contributed by atoms with van der Waals surface area (Å²) in [5.41, 5.74) is 1.03. The number of halogens is 3. The summed E-state index contributed by atoms with van der Waals surface area (Å²) >= 11 is 0. The Labute approximate surface area is 221 Å². The number of aromatic nitrogens is 2. The third-order valence-corrected chi connectivity index (χ3v) is 9.61. The van der Waals surface area contributed by atoms with Crippen LogP contribution in [0.25, 0.3) is 0 Å². The highest BCUT2D eigenvalue weighted by Crippen LogP contribution is 2.36. The molecule has 2 aromatic rings. The molecular formula is C26H34F3N5O3S. The molecule has 38 heavy (non-hydrogen) atoms. The largest absolute Gasteiger partial charge is 0.374 e. The van der Waals surface area contributed by atoms with Gasteiger partial charge in [0.2, 0.25) is 6.43 Å². The van der Waals surface area contributed by atoms with Gasteiger partial charge in [-0.25, -0.2) is 13.2 Å². The van der Waals surface area contributed by atoms with E-state index < -0.39 is 34.7 Å². The number of alkyl halides is 2. The van der Waals surface area contributed by atoms with Crippen molar-refractivity contribution in [1.82, 2.24) is 19.2 Å². The van der Waals surface area contributed by atoms with E-state index >= 15 is 0 Å². The summed E-state index contributed by atoms with van der Waals surface area (Å²) in [6, 6.07) is 9.97. The predicted octanol–water partition coefficient (Wildman–Crippen LogP) is 3.58. The molecule has 3 fully saturated rings. The zero-order chi connectivity index (χ0) is 26.7. The molecule has 0 spiro atoms. The van der Waals surface area contributed by atoms with Crippen molar-refractivity contribution in [2.45, 2.75) is 56.6 Å². The van der Waals surface area contributed by atoms with Crippen molar-refractivity contribution in [1.29, 1.82) is 0 Å². The average Bonchev–Trinajstić information content (AvgIpc) is 2.87. The van der Waals surface area contributed by atoms with Crippen LogP contribution in [-0.2, 0) is 14.9 Å². The molecule has 1 saturated carbocycles. The third-order valence-electron chi connectivity index (χ3n) is 8.03. The van der Waals surface area contributed by atoms with Gasteiger partial charge in [0.15, 0.2) is 5.82 Å². The van der Waals surface area contributed by atoms with Crippen LogP contribution in [0.1, 0.15) is 43.6 Å². The SMILES string of the molecule is O=S(=O)(N[C@H]1CCN(c2cccnn2)C[C@H]1OCC1CCC(c2cccc(F)c2)CC1)N1CC(C(F)F)C1. The first-order chi connectivity index (χ1) is 18.3. The molecule has 3 aliphatic rings. The fourth-order valence-corrected chi connectivity index (χ4v) is 7.24. The second-order valence-corrected chi connectivity index (χ2v) is 12.3.